The lowest BCUT2D eigenvalue weighted by Gasteiger charge is -2.14. The molecule has 1 aromatic heterocycles. The van der Waals surface area contributed by atoms with E-state index in [2.05, 4.69) is 34.7 Å². The van der Waals surface area contributed by atoms with E-state index in [-0.39, 0.29) is 24.2 Å². The maximum Gasteiger partial charge on any atom is 0.358 e. The quantitative estimate of drug-likeness (QED) is 0.881. The van der Waals surface area contributed by atoms with Gasteiger partial charge in [0.25, 0.3) is 0 Å². The van der Waals surface area contributed by atoms with Gasteiger partial charge in [0.05, 0.1) is 12.2 Å². The van der Waals surface area contributed by atoms with Gasteiger partial charge in [-0.1, -0.05) is 29.0 Å². The van der Waals surface area contributed by atoms with E-state index in [0.29, 0.717) is 0 Å². The Morgan fingerprint density at radius 1 is 1.45 bits per heavy atom. The van der Waals surface area contributed by atoms with E-state index < -0.39 is 5.97 Å². The summed E-state index contributed by atoms with van der Waals surface area (Å²) < 4.78 is 1.23. The number of carbonyl (C=O) groups is 2. The number of hydrogen-bond donors (Lipinski definition) is 2. The highest BCUT2D eigenvalue weighted by molar-refractivity contribution is 5.84. The van der Waals surface area contributed by atoms with Crippen molar-refractivity contribution in [1.29, 1.82) is 0 Å². The van der Waals surface area contributed by atoms with Crippen molar-refractivity contribution in [2.75, 3.05) is 0 Å². The lowest BCUT2D eigenvalue weighted by molar-refractivity contribution is -0.122. The van der Waals surface area contributed by atoms with Crippen LogP contribution in [0, 0.1) is 6.92 Å². The molecule has 114 valence electrons. The van der Waals surface area contributed by atoms with Gasteiger partial charge in [-0.25, -0.2) is 9.48 Å². The minimum Gasteiger partial charge on any atom is -0.476 e. The lowest BCUT2D eigenvalue weighted by atomic mass is 10.1. The summed E-state index contributed by atoms with van der Waals surface area (Å²) in [5, 5.41) is 18.9. The van der Waals surface area contributed by atoms with Gasteiger partial charge in [-0.3, -0.25) is 4.79 Å². The van der Waals surface area contributed by atoms with Crippen LogP contribution < -0.4 is 5.32 Å². The Hall–Kier alpha value is -2.70. The number of nitrogens with zero attached hydrogens (tertiary/aromatic N) is 3. The lowest BCUT2D eigenvalue weighted by Crippen LogP contribution is -2.30. The van der Waals surface area contributed by atoms with Crippen LogP contribution in [0.3, 0.4) is 0 Å². The highest BCUT2D eigenvalue weighted by Gasteiger charge is 2.24. The molecule has 2 N–H and O–H groups in total. The first-order chi connectivity index (χ1) is 10.5. The van der Waals surface area contributed by atoms with Gasteiger partial charge in [0, 0.05) is 0 Å². The number of rotatable bonds is 4. The van der Waals surface area contributed by atoms with Crippen LogP contribution in [0.4, 0.5) is 0 Å². The van der Waals surface area contributed by atoms with Crippen LogP contribution >= 0.6 is 0 Å². The average molecular weight is 300 g/mol. The molecule has 0 aliphatic heterocycles. The second-order valence-corrected chi connectivity index (χ2v) is 5.47. The van der Waals surface area contributed by atoms with Crippen molar-refractivity contribution >= 4 is 11.9 Å². The first-order valence-corrected chi connectivity index (χ1v) is 7.05. The molecule has 0 fully saturated rings. The van der Waals surface area contributed by atoms with Crippen molar-refractivity contribution in [2.45, 2.75) is 32.4 Å². The third-order valence-corrected chi connectivity index (χ3v) is 3.77. The zero-order valence-electron chi connectivity index (χ0n) is 12.1. The molecule has 1 aromatic carbocycles. The minimum absolute atomic E-state index is 0.00515. The summed E-state index contributed by atoms with van der Waals surface area (Å²) in [6.07, 6.45) is 3.07. The molecule has 22 heavy (non-hydrogen) atoms. The van der Waals surface area contributed by atoms with Gasteiger partial charge < -0.3 is 10.4 Å². The van der Waals surface area contributed by atoms with Crippen molar-refractivity contribution < 1.29 is 14.7 Å². The van der Waals surface area contributed by atoms with Crippen LogP contribution in [0.5, 0.6) is 0 Å². The summed E-state index contributed by atoms with van der Waals surface area (Å²) in [4.78, 5) is 22.8. The predicted octanol–water partition coefficient (Wildman–Crippen LogP) is 1.09. The summed E-state index contributed by atoms with van der Waals surface area (Å²) in [7, 11) is 0. The van der Waals surface area contributed by atoms with Crippen molar-refractivity contribution in [3.05, 3.63) is 46.8 Å². The number of carboxylic acids is 1. The SMILES string of the molecule is Cc1ccc2c(c1)CCC2NC(=O)Cn1cc(C(=O)O)nn1. The Bertz CT molecular complexity index is 738. The standard InChI is InChI=1S/C15H16N4O3/c1-9-2-4-11-10(6-9)3-5-12(11)16-14(20)8-19-7-13(15(21)22)17-18-19/h2,4,6-7,12H,3,5,8H2,1H3,(H,16,20)(H,21,22). The number of fused-ring (bicyclic) bond motifs is 1. The summed E-state index contributed by atoms with van der Waals surface area (Å²) >= 11 is 0. The van der Waals surface area contributed by atoms with Gasteiger partial charge in [-0.05, 0) is 30.9 Å². The average Bonchev–Trinajstić information content (AvgIpc) is 3.06. The van der Waals surface area contributed by atoms with Crippen LogP contribution in [0.25, 0.3) is 0 Å². The number of hydrogen-bond acceptors (Lipinski definition) is 4. The monoisotopic (exact) mass is 300 g/mol. The Kier molecular flexibility index (Phi) is 3.62. The van der Waals surface area contributed by atoms with Crippen molar-refractivity contribution in [3.63, 3.8) is 0 Å². The maximum atomic E-state index is 12.1. The number of carboxylic acid groups (broad SMARTS) is 1. The smallest absolute Gasteiger partial charge is 0.358 e. The first-order valence-electron chi connectivity index (χ1n) is 7.05. The van der Waals surface area contributed by atoms with E-state index in [1.807, 2.05) is 6.07 Å². The number of aromatic nitrogens is 3. The van der Waals surface area contributed by atoms with E-state index in [1.54, 1.807) is 0 Å². The van der Waals surface area contributed by atoms with E-state index in [9.17, 15) is 9.59 Å². The molecule has 0 saturated heterocycles. The second kappa shape index (κ2) is 5.59. The Labute approximate surface area is 126 Å². The molecule has 1 atom stereocenters. The molecule has 7 heteroatoms. The molecule has 1 aliphatic rings. The van der Waals surface area contributed by atoms with Gasteiger partial charge >= 0.3 is 5.97 Å². The molecule has 1 unspecified atom stereocenters. The minimum atomic E-state index is -1.16. The van der Waals surface area contributed by atoms with Crippen molar-refractivity contribution in [1.82, 2.24) is 20.3 Å². The third kappa shape index (κ3) is 2.83. The number of aromatic carboxylic acids is 1. The fourth-order valence-corrected chi connectivity index (χ4v) is 2.76. The summed E-state index contributed by atoms with van der Waals surface area (Å²) in [5.74, 6) is -1.37. The van der Waals surface area contributed by atoms with E-state index in [0.717, 1.165) is 18.4 Å². The molecule has 0 radical (unpaired) electrons. The fourth-order valence-electron chi connectivity index (χ4n) is 2.76. The molecule has 2 aromatic rings. The van der Waals surface area contributed by atoms with Gasteiger partial charge in [0.15, 0.2) is 5.69 Å². The Balaban J connectivity index is 1.64. The first kappa shape index (κ1) is 14.2. The van der Waals surface area contributed by atoms with Crippen LogP contribution in [-0.2, 0) is 17.8 Å². The normalized spacial score (nSPS) is 16.3. The van der Waals surface area contributed by atoms with Crippen LogP contribution in [0.1, 0.15) is 39.6 Å². The molecule has 1 amide bonds. The van der Waals surface area contributed by atoms with Gasteiger partial charge in [0.1, 0.15) is 6.54 Å². The van der Waals surface area contributed by atoms with E-state index >= 15 is 0 Å². The summed E-state index contributed by atoms with van der Waals surface area (Å²) in [6.45, 7) is 2.01. The number of nitrogens with one attached hydrogen (secondary N) is 1. The van der Waals surface area contributed by atoms with E-state index in [1.165, 1.54) is 22.0 Å². The number of carbonyl (C=O) groups excluding carboxylic acids is 1. The zero-order valence-corrected chi connectivity index (χ0v) is 12.1. The number of aryl methyl sites for hydroxylation is 2. The molecular formula is C15H16N4O3. The topological polar surface area (TPSA) is 97.1 Å². The van der Waals surface area contributed by atoms with Crippen LogP contribution in [0.15, 0.2) is 24.4 Å². The molecular weight excluding hydrogens is 284 g/mol. The molecule has 1 heterocycles. The predicted molar refractivity (Wildman–Crippen MR) is 77.4 cm³/mol. The van der Waals surface area contributed by atoms with Gasteiger partial charge in [-0.15, -0.1) is 5.10 Å². The van der Waals surface area contributed by atoms with Crippen LogP contribution in [-0.4, -0.2) is 32.0 Å². The summed E-state index contributed by atoms with van der Waals surface area (Å²) in [6, 6.07) is 6.25. The molecule has 3 rings (SSSR count). The summed E-state index contributed by atoms with van der Waals surface area (Å²) in [5.41, 5.74) is 3.48. The highest BCUT2D eigenvalue weighted by Crippen LogP contribution is 2.31. The Morgan fingerprint density at radius 3 is 3.00 bits per heavy atom. The van der Waals surface area contributed by atoms with Crippen LogP contribution in [0.2, 0.25) is 0 Å². The zero-order chi connectivity index (χ0) is 15.7. The molecule has 0 saturated carbocycles. The number of benzene rings is 1. The molecule has 0 spiro atoms. The van der Waals surface area contributed by atoms with Crippen molar-refractivity contribution in [2.24, 2.45) is 0 Å². The van der Waals surface area contributed by atoms with E-state index in [4.69, 9.17) is 5.11 Å². The Morgan fingerprint density at radius 2 is 2.27 bits per heavy atom. The molecule has 0 bridgehead atoms. The number of amides is 1. The van der Waals surface area contributed by atoms with Crippen molar-refractivity contribution in [3.8, 4) is 0 Å². The molecule has 1 aliphatic carbocycles. The second-order valence-electron chi connectivity index (χ2n) is 5.47. The largest absolute Gasteiger partial charge is 0.476 e. The van der Waals surface area contributed by atoms with Gasteiger partial charge in [-0.2, -0.15) is 0 Å². The van der Waals surface area contributed by atoms with Gasteiger partial charge in [0.2, 0.25) is 5.91 Å². The highest BCUT2D eigenvalue weighted by atomic mass is 16.4. The third-order valence-electron chi connectivity index (χ3n) is 3.77. The maximum absolute atomic E-state index is 12.1. The fraction of sp³-hybridized carbons (Fsp3) is 0.333. The molecule has 7 nitrogen and oxygen atoms in total.